The number of rotatable bonds is 4. The molecule has 0 bridgehead atoms. The number of nitrogens with one attached hydrogen (secondary N) is 1. The second-order valence-electron chi connectivity index (χ2n) is 3.32. The largest absolute Gasteiger partial charge is 0.483 e. The number of ether oxygens (including phenoxy) is 1. The zero-order valence-corrected chi connectivity index (χ0v) is 9.16. The Hall–Kier alpha value is -1.62. The van der Waals surface area contributed by atoms with Gasteiger partial charge in [-0.15, -0.1) is 0 Å². The third-order valence-electron chi connectivity index (χ3n) is 2.06. The van der Waals surface area contributed by atoms with Crippen molar-refractivity contribution in [2.24, 2.45) is 0 Å². The molecule has 0 spiro atoms. The van der Waals surface area contributed by atoms with Crippen LogP contribution in [0.5, 0.6) is 5.75 Å². The van der Waals surface area contributed by atoms with E-state index in [1.54, 1.807) is 0 Å². The van der Waals surface area contributed by atoms with E-state index >= 15 is 0 Å². The van der Waals surface area contributed by atoms with E-state index in [0.717, 1.165) is 0 Å². The lowest BCUT2D eigenvalue weighted by Crippen LogP contribution is -2.25. The Morgan fingerprint density at radius 1 is 1.62 bits per heavy atom. The highest BCUT2D eigenvalue weighted by Gasteiger charge is 2.11. The van der Waals surface area contributed by atoms with Gasteiger partial charge in [0.1, 0.15) is 11.6 Å². The van der Waals surface area contributed by atoms with Crippen LogP contribution in [-0.4, -0.2) is 24.7 Å². The summed E-state index contributed by atoms with van der Waals surface area (Å²) in [5.74, 6) is -0.441. The van der Waals surface area contributed by atoms with Gasteiger partial charge in [0.25, 0.3) is 5.91 Å². The molecule has 1 amide bonds. The van der Waals surface area contributed by atoms with Crippen LogP contribution >= 0.6 is 0 Å². The number of aliphatic hydroxyl groups excluding tert-OH is 1. The first-order valence-electron chi connectivity index (χ1n) is 4.85. The van der Waals surface area contributed by atoms with Gasteiger partial charge < -0.3 is 15.2 Å². The highest BCUT2D eigenvalue weighted by Crippen LogP contribution is 2.25. The van der Waals surface area contributed by atoms with Gasteiger partial charge in [-0.05, 0) is 25.1 Å². The van der Waals surface area contributed by atoms with E-state index in [9.17, 15) is 14.3 Å². The molecule has 0 aliphatic rings. The van der Waals surface area contributed by atoms with E-state index in [4.69, 9.17) is 4.74 Å². The maximum absolute atomic E-state index is 12.9. The van der Waals surface area contributed by atoms with Gasteiger partial charge in [0, 0.05) is 12.6 Å². The predicted octanol–water partition coefficient (Wildman–Crippen LogP) is 1.00. The van der Waals surface area contributed by atoms with Gasteiger partial charge in [0.2, 0.25) is 0 Å². The molecule has 0 heterocycles. The average Bonchev–Trinajstić information content (AvgIpc) is 2.26. The van der Waals surface area contributed by atoms with Crippen molar-refractivity contribution < 1.29 is 19.0 Å². The van der Waals surface area contributed by atoms with Gasteiger partial charge in [-0.3, -0.25) is 4.79 Å². The van der Waals surface area contributed by atoms with Crippen LogP contribution in [0.25, 0.3) is 0 Å². The molecule has 0 saturated heterocycles. The minimum atomic E-state index is -0.851. The number of carbonyl (C=O) groups is 1. The standard InChI is InChI=1S/C11H14FNO3/c1-7(14)9-5-8(12)3-4-10(9)16-6-11(15)13-2/h3-5,7,14H,6H2,1-2H3,(H,13,15)/t7-/m0/s1. The Morgan fingerprint density at radius 3 is 2.88 bits per heavy atom. The average molecular weight is 227 g/mol. The molecule has 1 aromatic carbocycles. The van der Waals surface area contributed by atoms with Crippen molar-refractivity contribution in [1.82, 2.24) is 5.32 Å². The van der Waals surface area contributed by atoms with Crippen LogP contribution in [0.1, 0.15) is 18.6 Å². The quantitative estimate of drug-likeness (QED) is 0.806. The molecule has 4 nitrogen and oxygen atoms in total. The molecule has 0 aliphatic carbocycles. The topological polar surface area (TPSA) is 58.6 Å². The van der Waals surface area contributed by atoms with Gasteiger partial charge in [0.05, 0.1) is 6.10 Å². The van der Waals surface area contributed by atoms with Crippen molar-refractivity contribution in [3.63, 3.8) is 0 Å². The molecule has 1 atom stereocenters. The molecule has 0 aromatic heterocycles. The maximum Gasteiger partial charge on any atom is 0.257 e. The lowest BCUT2D eigenvalue weighted by Gasteiger charge is -2.12. The van der Waals surface area contributed by atoms with Crippen LogP contribution in [0.15, 0.2) is 18.2 Å². The Morgan fingerprint density at radius 2 is 2.31 bits per heavy atom. The minimum absolute atomic E-state index is 0.165. The van der Waals surface area contributed by atoms with Gasteiger partial charge in [-0.1, -0.05) is 0 Å². The van der Waals surface area contributed by atoms with E-state index in [2.05, 4.69) is 5.32 Å². The molecular formula is C11H14FNO3. The van der Waals surface area contributed by atoms with E-state index in [1.807, 2.05) is 0 Å². The lowest BCUT2D eigenvalue weighted by atomic mass is 10.1. The van der Waals surface area contributed by atoms with Gasteiger partial charge in [-0.25, -0.2) is 4.39 Å². The Balaban J connectivity index is 2.82. The molecule has 2 N–H and O–H groups in total. The fraction of sp³-hybridized carbons (Fsp3) is 0.364. The summed E-state index contributed by atoms with van der Waals surface area (Å²) in [6, 6.07) is 3.79. The number of hydrogen-bond donors (Lipinski definition) is 2. The monoisotopic (exact) mass is 227 g/mol. The molecule has 0 fully saturated rings. The Bertz CT molecular complexity index is 379. The van der Waals surface area contributed by atoms with Crippen LogP contribution in [0.4, 0.5) is 4.39 Å². The van der Waals surface area contributed by atoms with Crippen molar-refractivity contribution in [3.05, 3.63) is 29.6 Å². The first-order chi connectivity index (χ1) is 7.54. The minimum Gasteiger partial charge on any atom is -0.483 e. The van der Waals surface area contributed by atoms with Crippen LogP contribution in [0.3, 0.4) is 0 Å². The van der Waals surface area contributed by atoms with Crippen LogP contribution in [0.2, 0.25) is 0 Å². The molecule has 1 aromatic rings. The number of benzene rings is 1. The normalized spacial score (nSPS) is 12.0. The number of halogens is 1. The SMILES string of the molecule is CNC(=O)COc1ccc(F)cc1[C@H](C)O. The first-order valence-corrected chi connectivity index (χ1v) is 4.85. The summed E-state index contributed by atoms with van der Waals surface area (Å²) in [5.41, 5.74) is 0.323. The first kappa shape index (κ1) is 12.4. The van der Waals surface area contributed by atoms with Crippen molar-refractivity contribution in [1.29, 1.82) is 0 Å². The van der Waals surface area contributed by atoms with E-state index in [-0.39, 0.29) is 12.5 Å². The Labute approximate surface area is 93.0 Å². The number of aliphatic hydroxyl groups is 1. The van der Waals surface area contributed by atoms with Crippen molar-refractivity contribution in [2.75, 3.05) is 13.7 Å². The lowest BCUT2D eigenvalue weighted by molar-refractivity contribution is -0.122. The van der Waals surface area contributed by atoms with Gasteiger partial charge in [-0.2, -0.15) is 0 Å². The molecule has 0 saturated carbocycles. The maximum atomic E-state index is 12.9. The zero-order valence-electron chi connectivity index (χ0n) is 9.16. The van der Waals surface area contributed by atoms with Gasteiger partial charge in [0.15, 0.2) is 6.61 Å². The summed E-state index contributed by atoms with van der Waals surface area (Å²) in [5, 5.41) is 11.8. The Kier molecular flexibility index (Phi) is 4.25. The summed E-state index contributed by atoms with van der Waals surface area (Å²) in [4.78, 5) is 11.0. The highest BCUT2D eigenvalue weighted by molar-refractivity contribution is 5.77. The summed E-state index contributed by atoms with van der Waals surface area (Å²) in [7, 11) is 1.49. The van der Waals surface area contributed by atoms with Crippen LogP contribution in [0, 0.1) is 5.82 Å². The molecule has 0 aliphatic heterocycles. The number of hydrogen-bond acceptors (Lipinski definition) is 3. The highest BCUT2D eigenvalue weighted by atomic mass is 19.1. The third kappa shape index (κ3) is 3.20. The van der Waals surface area contributed by atoms with Crippen molar-refractivity contribution >= 4 is 5.91 Å². The van der Waals surface area contributed by atoms with E-state index in [1.165, 1.54) is 32.2 Å². The summed E-state index contributed by atoms with van der Waals surface area (Å²) < 4.78 is 18.1. The second-order valence-corrected chi connectivity index (χ2v) is 3.32. The van der Waals surface area contributed by atoms with Gasteiger partial charge >= 0.3 is 0 Å². The van der Waals surface area contributed by atoms with Crippen LogP contribution in [-0.2, 0) is 4.79 Å². The molecule has 5 heteroatoms. The van der Waals surface area contributed by atoms with E-state index < -0.39 is 11.9 Å². The summed E-state index contributed by atoms with van der Waals surface area (Å²) >= 11 is 0. The molecule has 16 heavy (non-hydrogen) atoms. The zero-order chi connectivity index (χ0) is 12.1. The molecule has 1 rings (SSSR count). The predicted molar refractivity (Wildman–Crippen MR) is 56.6 cm³/mol. The number of carbonyl (C=O) groups excluding carboxylic acids is 1. The smallest absolute Gasteiger partial charge is 0.257 e. The summed E-state index contributed by atoms with van der Waals surface area (Å²) in [6.07, 6.45) is -0.851. The van der Waals surface area contributed by atoms with E-state index in [0.29, 0.717) is 11.3 Å². The molecule has 0 unspecified atom stereocenters. The summed E-state index contributed by atoms with van der Waals surface area (Å²) in [6.45, 7) is 1.34. The fourth-order valence-corrected chi connectivity index (χ4v) is 1.19. The van der Waals surface area contributed by atoms with Crippen molar-refractivity contribution in [3.8, 4) is 5.75 Å². The number of amides is 1. The second kappa shape index (κ2) is 5.46. The molecule has 0 radical (unpaired) electrons. The van der Waals surface area contributed by atoms with Crippen LogP contribution < -0.4 is 10.1 Å². The van der Waals surface area contributed by atoms with Crippen molar-refractivity contribution in [2.45, 2.75) is 13.0 Å². The third-order valence-corrected chi connectivity index (χ3v) is 2.06. The fourth-order valence-electron chi connectivity index (χ4n) is 1.19. The molecular weight excluding hydrogens is 213 g/mol. The molecule has 88 valence electrons. The number of likely N-dealkylation sites (N-methyl/N-ethyl adjacent to an activating group) is 1.